The van der Waals surface area contributed by atoms with Crippen LogP contribution in [0.5, 0.6) is 0 Å². The molecule has 2 fully saturated rings. The minimum absolute atomic E-state index is 0.0599. The number of carbonyl (C=O) groups is 1. The Bertz CT molecular complexity index is 318. The minimum atomic E-state index is 0.0599. The van der Waals surface area contributed by atoms with Crippen molar-refractivity contribution in [3.8, 4) is 0 Å². The zero-order chi connectivity index (χ0) is 14.0. The van der Waals surface area contributed by atoms with Crippen molar-refractivity contribution in [1.82, 2.24) is 4.90 Å². The van der Waals surface area contributed by atoms with E-state index in [1.807, 2.05) is 11.9 Å². The maximum absolute atomic E-state index is 12.7. The van der Waals surface area contributed by atoms with E-state index in [9.17, 15) is 4.79 Å². The molecule has 110 valence electrons. The van der Waals surface area contributed by atoms with Gasteiger partial charge in [-0.25, -0.2) is 0 Å². The first-order chi connectivity index (χ1) is 9.00. The van der Waals surface area contributed by atoms with Crippen LogP contribution in [0.1, 0.15) is 58.8 Å². The fraction of sp³-hybridized carbons (Fsp3) is 0.938. The van der Waals surface area contributed by atoms with E-state index < -0.39 is 0 Å². The van der Waals surface area contributed by atoms with E-state index in [-0.39, 0.29) is 12.0 Å². The van der Waals surface area contributed by atoms with Crippen LogP contribution in [-0.4, -0.2) is 29.9 Å². The van der Waals surface area contributed by atoms with Gasteiger partial charge in [0.15, 0.2) is 0 Å². The van der Waals surface area contributed by atoms with Gasteiger partial charge in [-0.15, -0.1) is 0 Å². The van der Waals surface area contributed by atoms with Gasteiger partial charge in [-0.3, -0.25) is 4.79 Å². The summed E-state index contributed by atoms with van der Waals surface area (Å²) in [5.74, 6) is 1.61. The van der Waals surface area contributed by atoms with Crippen LogP contribution < -0.4 is 5.73 Å². The number of amides is 1. The van der Waals surface area contributed by atoms with Gasteiger partial charge in [-0.1, -0.05) is 33.1 Å². The van der Waals surface area contributed by atoms with Crippen LogP contribution in [0.25, 0.3) is 0 Å². The molecule has 2 rings (SSSR count). The molecule has 5 unspecified atom stereocenters. The summed E-state index contributed by atoms with van der Waals surface area (Å²) in [6.07, 6.45) is 8.23. The highest BCUT2D eigenvalue weighted by atomic mass is 16.2. The molecule has 0 aromatic carbocycles. The molecule has 0 aliphatic heterocycles. The average Bonchev–Trinajstić information content (AvgIpc) is 2.40. The van der Waals surface area contributed by atoms with E-state index >= 15 is 0 Å². The molecule has 3 heteroatoms. The molecule has 2 aliphatic carbocycles. The molecule has 0 heterocycles. The van der Waals surface area contributed by atoms with E-state index in [1.54, 1.807) is 0 Å². The van der Waals surface area contributed by atoms with Gasteiger partial charge in [0.1, 0.15) is 0 Å². The van der Waals surface area contributed by atoms with Crippen molar-refractivity contribution in [2.75, 3.05) is 7.05 Å². The zero-order valence-electron chi connectivity index (χ0n) is 12.8. The third-order valence-corrected chi connectivity index (χ3v) is 5.42. The fourth-order valence-corrected chi connectivity index (χ4v) is 3.92. The van der Waals surface area contributed by atoms with Crippen molar-refractivity contribution in [2.45, 2.75) is 70.9 Å². The minimum Gasteiger partial charge on any atom is -0.342 e. The third kappa shape index (κ3) is 3.31. The highest BCUT2D eigenvalue weighted by Gasteiger charge is 2.36. The lowest BCUT2D eigenvalue weighted by Crippen LogP contribution is -2.50. The van der Waals surface area contributed by atoms with Crippen LogP contribution in [0, 0.1) is 17.8 Å². The van der Waals surface area contributed by atoms with Gasteiger partial charge in [0.05, 0.1) is 5.92 Å². The van der Waals surface area contributed by atoms with Gasteiger partial charge < -0.3 is 10.6 Å². The molecular formula is C16H30N2O. The van der Waals surface area contributed by atoms with E-state index in [0.29, 0.717) is 17.9 Å². The van der Waals surface area contributed by atoms with Crippen molar-refractivity contribution in [2.24, 2.45) is 23.5 Å². The van der Waals surface area contributed by atoms with Crippen LogP contribution in [-0.2, 0) is 4.79 Å². The molecule has 0 aromatic rings. The van der Waals surface area contributed by atoms with Crippen LogP contribution in [0.15, 0.2) is 0 Å². The number of nitrogens with zero attached hydrogens (tertiary/aromatic N) is 1. The first-order valence-electron chi connectivity index (χ1n) is 8.03. The lowest BCUT2D eigenvalue weighted by Gasteiger charge is -2.39. The molecule has 2 saturated carbocycles. The first-order valence-corrected chi connectivity index (χ1v) is 8.03. The van der Waals surface area contributed by atoms with Gasteiger partial charge >= 0.3 is 0 Å². The van der Waals surface area contributed by atoms with Crippen molar-refractivity contribution >= 4 is 5.91 Å². The van der Waals surface area contributed by atoms with Crippen LogP contribution >= 0.6 is 0 Å². The van der Waals surface area contributed by atoms with E-state index in [2.05, 4.69) is 13.8 Å². The third-order valence-electron chi connectivity index (χ3n) is 5.42. The maximum atomic E-state index is 12.7. The second-order valence-electron chi connectivity index (χ2n) is 6.97. The maximum Gasteiger partial charge on any atom is 0.227 e. The number of rotatable bonds is 2. The largest absolute Gasteiger partial charge is 0.342 e. The van der Waals surface area contributed by atoms with Crippen LogP contribution in [0.2, 0.25) is 0 Å². The lowest BCUT2D eigenvalue weighted by molar-refractivity contribution is -0.139. The summed E-state index contributed by atoms with van der Waals surface area (Å²) in [5, 5.41) is 0. The Balaban J connectivity index is 1.97. The average molecular weight is 266 g/mol. The van der Waals surface area contributed by atoms with Gasteiger partial charge in [-0.2, -0.15) is 0 Å². The summed E-state index contributed by atoms with van der Waals surface area (Å²) in [6, 6.07) is 0.505. The molecule has 0 bridgehead atoms. The van der Waals surface area contributed by atoms with Gasteiger partial charge in [0.2, 0.25) is 5.91 Å². The molecule has 0 radical (unpaired) electrons. The van der Waals surface area contributed by atoms with E-state index in [1.165, 1.54) is 32.1 Å². The smallest absolute Gasteiger partial charge is 0.227 e. The molecule has 0 saturated heterocycles. The number of hydrogen-bond acceptors (Lipinski definition) is 2. The molecule has 2 aliphatic rings. The summed E-state index contributed by atoms with van der Waals surface area (Å²) in [6.45, 7) is 4.49. The number of carbonyl (C=O) groups excluding carboxylic acids is 1. The Morgan fingerprint density at radius 3 is 2.47 bits per heavy atom. The summed E-state index contributed by atoms with van der Waals surface area (Å²) < 4.78 is 0. The topological polar surface area (TPSA) is 46.3 Å². The first kappa shape index (κ1) is 14.8. The summed E-state index contributed by atoms with van der Waals surface area (Å²) >= 11 is 0. The molecule has 2 N–H and O–H groups in total. The standard InChI is InChI=1S/C16H30N2O/c1-11-6-4-8-13(10-11)18(3)16(19)14-9-5-7-12(2)15(14)17/h11-15H,4-10,17H2,1-3H3. The molecular weight excluding hydrogens is 236 g/mol. The fourth-order valence-electron chi connectivity index (χ4n) is 3.92. The Labute approximate surface area is 117 Å². The van der Waals surface area contributed by atoms with E-state index in [4.69, 9.17) is 5.73 Å². The number of hydrogen-bond donors (Lipinski definition) is 1. The van der Waals surface area contributed by atoms with E-state index in [0.717, 1.165) is 18.8 Å². The quantitative estimate of drug-likeness (QED) is 0.835. The molecule has 19 heavy (non-hydrogen) atoms. The van der Waals surface area contributed by atoms with Crippen molar-refractivity contribution < 1.29 is 4.79 Å². The highest BCUT2D eigenvalue weighted by molar-refractivity contribution is 5.79. The van der Waals surface area contributed by atoms with Gasteiger partial charge in [-0.05, 0) is 37.5 Å². The predicted molar refractivity (Wildman–Crippen MR) is 78.7 cm³/mol. The zero-order valence-corrected chi connectivity index (χ0v) is 12.8. The summed E-state index contributed by atoms with van der Waals surface area (Å²) in [7, 11) is 2.00. The van der Waals surface area contributed by atoms with Crippen LogP contribution in [0.4, 0.5) is 0 Å². The summed E-state index contributed by atoms with van der Waals surface area (Å²) in [4.78, 5) is 14.7. The van der Waals surface area contributed by atoms with Gasteiger partial charge in [0.25, 0.3) is 0 Å². The number of nitrogens with two attached hydrogens (primary N) is 1. The van der Waals surface area contributed by atoms with Crippen LogP contribution in [0.3, 0.4) is 0 Å². The monoisotopic (exact) mass is 266 g/mol. The Hall–Kier alpha value is -0.570. The lowest BCUT2D eigenvalue weighted by atomic mass is 9.77. The Morgan fingerprint density at radius 2 is 1.79 bits per heavy atom. The normalized spacial score (nSPS) is 39.9. The highest BCUT2D eigenvalue weighted by Crippen LogP contribution is 2.32. The second-order valence-corrected chi connectivity index (χ2v) is 6.97. The SMILES string of the molecule is CC1CCCC(N(C)C(=O)C2CCCC(C)C2N)C1. The summed E-state index contributed by atoms with van der Waals surface area (Å²) in [5.41, 5.74) is 6.27. The molecule has 0 spiro atoms. The molecule has 5 atom stereocenters. The Morgan fingerprint density at radius 1 is 1.11 bits per heavy atom. The van der Waals surface area contributed by atoms with Crippen molar-refractivity contribution in [1.29, 1.82) is 0 Å². The Kier molecular flexibility index (Phi) is 4.88. The molecule has 0 aromatic heterocycles. The molecule has 3 nitrogen and oxygen atoms in total. The van der Waals surface area contributed by atoms with Gasteiger partial charge in [0, 0.05) is 19.1 Å². The second kappa shape index (κ2) is 6.25. The van der Waals surface area contributed by atoms with Crippen molar-refractivity contribution in [3.63, 3.8) is 0 Å². The molecule has 1 amide bonds. The van der Waals surface area contributed by atoms with Crippen molar-refractivity contribution in [3.05, 3.63) is 0 Å². The predicted octanol–water partition coefficient (Wildman–Crippen LogP) is 2.79.